The molecule has 0 N–H and O–H groups in total. The maximum atomic E-state index is 13.2. The molecule has 0 aliphatic heterocycles. The molecule has 2 aromatic rings. The first kappa shape index (κ1) is 22.5. The van der Waals surface area contributed by atoms with Gasteiger partial charge in [-0.15, -0.1) is 0 Å². The summed E-state index contributed by atoms with van der Waals surface area (Å²) in [6, 6.07) is 9.58. The molecule has 0 saturated heterocycles. The zero-order valence-corrected chi connectivity index (χ0v) is 17.6. The summed E-state index contributed by atoms with van der Waals surface area (Å²) < 4.78 is 41.8. The van der Waals surface area contributed by atoms with Crippen LogP contribution in [0.15, 0.2) is 47.4 Å². The number of rotatable bonds is 8. The minimum atomic E-state index is -4.17. The highest BCUT2D eigenvalue weighted by atomic mass is 35.5. The number of halogens is 1. The predicted molar refractivity (Wildman–Crippen MR) is 107 cm³/mol. The van der Waals surface area contributed by atoms with Crippen molar-refractivity contribution in [1.82, 2.24) is 0 Å². The van der Waals surface area contributed by atoms with Gasteiger partial charge in [0.25, 0.3) is 10.0 Å². The number of benzene rings is 2. The normalized spacial score (nSPS) is 10.9. The first-order valence-electron chi connectivity index (χ1n) is 8.44. The van der Waals surface area contributed by atoms with Crippen molar-refractivity contribution in [3.8, 4) is 5.75 Å². The molecule has 8 nitrogen and oxygen atoms in total. The van der Waals surface area contributed by atoms with E-state index in [1.54, 1.807) is 6.92 Å². The Labute approximate surface area is 174 Å². The Morgan fingerprint density at radius 1 is 1.07 bits per heavy atom. The van der Waals surface area contributed by atoms with Crippen LogP contribution < -0.4 is 9.04 Å². The van der Waals surface area contributed by atoms with Crippen LogP contribution >= 0.6 is 11.6 Å². The lowest BCUT2D eigenvalue weighted by molar-refractivity contribution is -0.138. The Balaban J connectivity index is 2.48. The highest BCUT2D eigenvalue weighted by Gasteiger charge is 2.28. The monoisotopic (exact) mass is 441 g/mol. The largest absolute Gasteiger partial charge is 0.495 e. The average molecular weight is 442 g/mol. The highest BCUT2D eigenvalue weighted by Crippen LogP contribution is 2.30. The van der Waals surface area contributed by atoms with Crippen molar-refractivity contribution in [3.63, 3.8) is 0 Å². The Kier molecular flexibility index (Phi) is 7.46. The van der Waals surface area contributed by atoms with Gasteiger partial charge in [0.05, 0.1) is 42.0 Å². The van der Waals surface area contributed by atoms with Crippen LogP contribution in [0.2, 0.25) is 5.02 Å². The van der Waals surface area contributed by atoms with Crippen molar-refractivity contribution in [2.24, 2.45) is 0 Å². The van der Waals surface area contributed by atoms with Crippen LogP contribution in [-0.2, 0) is 24.3 Å². The maximum Gasteiger partial charge on any atom is 0.338 e. The summed E-state index contributed by atoms with van der Waals surface area (Å²) >= 11 is 6.05. The molecule has 2 aromatic carbocycles. The second-order valence-electron chi connectivity index (χ2n) is 5.65. The molecule has 29 heavy (non-hydrogen) atoms. The van der Waals surface area contributed by atoms with Crippen molar-refractivity contribution in [1.29, 1.82) is 0 Å². The topological polar surface area (TPSA) is 99.2 Å². The van der Waals surface area contributed by atoms with Gasteiger partial charge in [-0.3, -0.25) is 9.10 Å². The smallest absolute Gasteiger partial charge is 0.338 e. The summed E-state index contributed by atoms with van der Waals surface area (Å²) in [5.41, 5.74) is 0.411. The van der Waals surface area contributed by atoms with Gasteiger partial charge in [0.15, 0.2) is 0 Å². The van der Waals surface area contributed by atoms with Gasteiger partial charge in [0.1, 0.15) is 12.3 Å². The predicted octanol–water partition coefficient (Wildman–Crippen LogP) is 2.89. The van der Waals surface area contributed by atoms with Crippen LogP contribution in [0.25, 0.3) is 0 Å². The molecule has 0 aromatic heterocycles. The molecule has 0 atom stereocenters. The van der Waals surface area contributed by atoms with Gasteiger partial charge in [0.2, 0.25) is 0 Å². The summed E-state index contributed by atoms with van der Waals surface area (Å²) in [7, 11) is -1.61. The number of methoxy groups -OCH3 is 2. The van der Waals surface area contributed by atoms with Gasteiger partial charge in [-0.1, -0.05) is 11.6 Å². The van der Waals surface area contributed by atoms with E-state index in [0.29, 0.717) is 5.75 Å². The van der Waals surface area contributed by atoms with Gasteiger partial charge in [0, 0.05) is 0 Å². The quantitative estimate of drug-likeness (QED) is 0.580. The van der Waals surface area contributed by atoms with Crippen LogP contribution in [-0.4, -0.2) is 47.7 Å². The minimum Gasteiger partial charge on any atom is -0.495 e. The van der Waals surface area contributed by atoms with E-state index in [2.05, 4.69) is 4.74 Å². The molecule has 0 amide bonds. The lowest BCUT2D eigenvalue weighted by atomic mass is 10.2. The van der Waals surface area contributed by atoms with Crippen LogP contribution in [0.5, 0.6) is 5.75 Å². The molecule has 0 aliphatic carbocycles. The lowest BCUT2D eigenvalue weighted by Crippen LogP contribution is -2.36. The van der Waals surface area contributed by atoms with Gasteiger partial charge in [-0.2, -0.15) is 0 Å². The third-order valence-electron chi connectivity index (χ3n) is 3.88. The molecule has 156 valence electrons. The Morgan fingerprint density at radius 2 is 1.72 bits per heavy atom. The number of hydrogen-bond acceptors (Lipinski definition) is 7. The van der Waals surface area contributed by atoms with Crippen LogP contribution in [0.1, 0.15) is 17.3 Å². The number of hydrogen-bond donors (Lipinski definition) is 0. The summed E-state index contributed by atoms with van der Waals surface area (Å²) in [5.74, 6) is -0.991. The molecule has 0 spiro atoms. The van der Waals surface area contributed by atoms with E-state index in [0.717, 1.165) is 11.4 Å². The maximum absolute atomic E-state index is 13.2. The SMILES string of the molecule is CCOC(=O)c1ccc(N(CC(=O)OC)S(=O)(=O)c2ccc(OC)c(Cl)c2)cc1. The van der Waals surface area contributed by atoms with Gasteiger partial charge in [-0.25, -0.2) is 13.2 Å². The van der Waals surface area contributed by atoms with Gasteiger partial charge < -0.3 is 14.2 Å². The van der Waals surface area contributed by atoms with Crippen LogP contribution in [0.4, 0.5) is 5.69 Å². The number of nitrogens with zero attached hydrogens (tertiary/aromatic N) is 1. The van der Waals surface area contributed by atoms with E-state index in [9.17, 15) is 18.0 Å². The first-order valence-corrected chi connectivity index (χ1v) is 10.3. The number of ether oxygens (including phenoxy) is 3. The molecular formula is C19H20ClNO7S. The first-order chi connectivity index (χ1) is 13.7. The minimum absolute atomic E-state index is 0.101. The second-order valence-corrected chi connectivity index (χ2v) is 7.92. The van der Waals surface area contributed by atoms with E-state index in [4.69, 9.17) is 21.1 Å². The molecule has 10 heteroatoms. The summed E-state index contributed by atoms with van der Waals surface area (Å²) in [5, 5.41) is 0.101. The number of sulfonamides is 1. The number of carbonyl (C=O) groups is 2. The molecule has 0 unspecified atom stereocenters. The van der Waals surface area contributed by atoms with Crippen molar-refractivity contribution < 1.29 is 32.2 Å². The molecule has 0 aliphatic rings. The fraction of sp³-hybridized carbons (Fsp3) is 0.263. The molecule has 0 bridgehead atoms. The molecular weight excluding hydrogens is 422 g/mol. The summed E-state index contributed by atoms with van der Waals surface area (Å²) in [6.45, 7) is 1.32. The summed E-state index contributed by atoms with van der Waals surface area (Å²) in [4.78, 5) is 23.5. The highest BCUT2D eigenvalue weighted by molar-refractivity contribution is 7.92. The van der Waals surface area contributed by atoms with E-state index >= 15 is 0 Å². The molecule has 0 radical (unpaired) electrons. The van der Waals surface area contributed by atoms with Crippen LogP contribution in [0, 0.1) is 0 Å². The van der Waals surface area contributed by atoms with E-state index < -0.39 is 28.5 Å². The summed E-state index contributed by atoms with van der Waals surface area (Å²) in [6.07, 6.45) is 0. The average Bonchev–Trinajstić information content (AvgIpc) is 2.71. The van der Waals surface area contributed by atoms with Crippen LogP contribution in [0.3, 0.4) is 0 Å². The van der Waals surface area contributed by atoms with E-state index in [-0.39, 0.29) is 27.8 Å². The molecule has 0 heterocycles. The number of carbonyl (C=O) groups excluding carboxylic acids is 2. The number of anilines is 1. The Hall–Kier alpha value is -2.78. The molecule has 0 saturated carbocycles. The van der Waals surface area contributed by atoms with Gasteiger partial charge >= 0.3 is 11.9 Å². The lowest BCUT2D eigenvalue weighted by Gasteiger charge is -2.23. The standard InChI is InChI=1S/C19H20ClNO7S/c1-4-28-19(23)13-5-7-14(8-6-13)21(12-18(22)27-3)29(24,25)15-9-10-17(26-2)16(20)11-15/h5-11H,4,12H2,1-3H3. The fourth-order valence-electron chi connectivity index (χ4n) is 2.41. The second kappa shape index (κ2) is 9.62. The zero-order chi connectivity index (χ0) is 21.6. The van der Waals surface area contributed by atoms with Crippen molar-refractivity contribution in [2.75, 3.05) is 31.7 Å². The fourth-order valence-corrected chi connectivity index (χ4v) is 4.17. The third kappa shape index (κ3) is 5.18. The Bertz CT molecular complexity index is 990. The molecule has 2 rings (SSSR count). The van der Waals surface area contributed by atoms with E-state index in [1.165, 1.54) is 49.6 Å². The van der Waals surface area contributed by atoms with Crippen molar-refractivity contribution in [3.05, 3.63) is 53.1 Å². The van der Waals surface area contributed by atoms with Gasteiger partial charge in [-0.05, 0) is 49.4 Å². The van der Waals surface area contributed by atoms with Crippen molar-refractivity contribution in [2.45, 2.75) is 11.8 Å². The zero-order valence-electron chi connectivity index (χ0n) is 16.0. The molecule has 0 fully saturated rings. The van der Waals surface area contributed by atoms with Crippen molar-refractivity contribution >= 4 is 39.3 Å². The Morgan fingerprint density at radius 3 is 2.24 bits per heavy atom. The third-order valence-corrected chi connectivity index (χ3v) is 5.94. The number of esters is 2. The van der Waals surface area contributed by atoms with E-state index in [1.807, 2.05) is 0 Å².